The fraction of sp³-hybridized carbons (Fsp3) is 0.200. The molecule has 0 aliphatic rings. The first-order valence-electron chi connectivity index (χ1n) is 8.49. The van der Waals surface area contributed by atoms with Crippen LogP contribution >= 0.6 is 0 Å². The summed E-state index contributed by atoms with van der Waals surface area (Å²) in [6.07, 6.45) is 3.39. The minimum absolute atomic E-state index is 0.216. The van der Waals surface area contributed by atoms with E-state index in [9.17, 15) is 9.59 Å². The lowest BCUT2D eigenvalue weighted by atomic mass is 10.0. The van der Waals surface area contributed by atoms with E-state index in [1.807, 2.05) is 43.3 Å². The van der Waals surface area contributed by atoms with Crippen molar-refractivity contribution in [3.63, 3.8) is 0 Å². The van der Waals surface area contributed by atoms with Crippen LogP contribution in [0.5, 0.6) is 0 Å². The molecule has 6 heteroatoms. The van der Waals surface area contributed by atoms with Crippen LogP contribution < -0.4 is 10.6 Å². The highest BCUT2D eigenvalue weighted by atomic mass is 16.2. The van der Waals surface area contributed by atoms with Gasteiger partial charge in [-0.2, -0.15) is 0 Å². The van der Waals surface area contributed by atoms with Crippen LogP contribution in [0.2, 0.25) is 0 Å². The van der Waals surface area contributed by atoms with Gasteiger partial charge in [0.05, 0.1) is 16.8 Å². The summed E-state index contributed by atoms with van der Waals surface area (Å²) in [7, 11) is 0. The number of nitrogens with zero attached hydrogens (tertiary/aromatic N) is 2. The van der Waals surface area contributed by atoms with E-state index in [0.29, 0.717) is 23.3 Å². The van der Waals surface area contributed by atoms with Gasteiger partial charge in [0.25, 0.3) is 5.91 Å². The second kappa shape index (κ2) is 7.74. The predicted octanol–water partition coefficient (Wildman–Crippen LogP) is 2.55. The lowest BCUT2D eigenvalue weighted by molar-refractivity contribution is -0.122. The molecule has 2 heterocycles. The van der Waals surface area contributed by atoms with Crippen molar-refractivity contribution in [2.45, 2.75) is 19.9 Å². The number of benzene rings is 1. The minimum atomic E-state index is -0.629. The number of hydrogen-bond acceptors (Lipinski definition) is 4. The number of carbonyl (C=O) groups is 2. The summed E-state index contributed by atoms with van der Waals surface area (Å²) in [5, 5.41) is 6.20. The summed E-state index contributed by atoms with van der Waals surface area (Å²) in [6.45, 7) is 4.01. The van der Waals surface area contributed by atoms with Crippen LogP contribution in [0.4, 0.5) is 0 Å². The van der Waals surface area contributed by atoms with E-state index in [4.69, 9.17) is 0 Å². The number of carbonyl (C=O) groups excluding carboxylic acids is 2. The monoisotopic (exact) mass is 348 g/mol. The highest BCUT2D eigenvalue weighted by Crippen LogP contribution is 2.24. The molecule has 0 radical (unpaired) electrons. The topological polar surface area (TPSA) is 84.0 Å². The van der Waals surface area contributed by atoms with Crippen molar-refractivity contribution in [1.29, 1.82) is 0 Å². The number of rotatable bonds is 5. The van der Waals surface area contributed by atoms with Crippen molar-refractivity contribution in [2.24, 2.45) is 0 Å². The molecule has 0 aliphatic carbocycles. The van der Waals surface area contributed by atoms with Gasteiger partial charge in [0.1, 0.15) is 6.04 Å². The Bertz CT molecular complexity index is 941. The van der Waals surface area contributed by atoms with Gasteiger partial charge < -0.3 is 10.6 Å². The van der Waals surface area contributed by atoms with E-state index in [0.717, 1.165) is 10.9 Å². The van der Waals surface area contributed by atoms with Crippen molar-refractivity contribution >= 4 is 22.7 Å². The van der Waals surface area contributed by atoms with Crippen LogP contribution in [0.25, 0.3) is 22.2 Å². The Balaban J connectivity index is 2.01. The molecule has 0 saturated carbocycles. The van der Waals surface area contributed by atoms with E-state index in [1.54, 1.807) is 25.4 Å². The molecule has 0 spiro atoms. The maximum absolute atomic E-state index is 12.8. The molecule has 0 aliphatic heterocycles. The Labute approximate surface area is 151 Å². The van der Waals surface area contributed by atoms with Gasteiger partial charge in [-0.05, 0) is 38.1 Å². The number of amides is 2. The lowest BCUT2D eigenvalue weighted by Crippen LogP contribution is -2.44. The predicted molar refractivity (Wildman–Crippen MR) is 101 cm³/mol. The molecule has 0 unspecified atom stereocenters. The maximum Gasteiger partial charge on any atom is 0.252 e. The molecule has 1 atom stereocenters. The molecule has 2 aromatic heterocycles. The molecule has 3 rings (SSSR count). The summed E-state index contributed by atoms with van der Waals surface area (Å²) < 4.78 is 0. The number of para-hydroxylation sites is 1. The molecule has 26 heavy (non-hydrogen) atoms. The largest absolute Gasteiger partial charge is 0.355 e. The van der Waals surface area contributed by atoms with Crippen molar-refractivity contribution in [1.82, 2.24) is 20.6 Å². The zero-order valence-electron chi connectivity index (χ0n) is 14.7. The van der Waals surface area contributed by atoms with Gasteiger partial charge in [-0.3, -0.25) is 14.6 Å². The Morgan fingerprint density at radius 2 is 1.96 bits per heavy atom. The first kappa shape index (κ1) is 17.5. The fourth-order valence-corrected chi connectivity index (χ4v) is 2.69. The van der Waals surface area contributed by atoms with Crippen LogP contribution in [-0.4, -0.2) is 34.4 Å². The molecule has 2 N–H and O–H groups in total. The van der Waals surface area contributed by atoms with Crippen LogP contribution in [0.3, 0.4) is 0 Å². The molecule has 132 valence electrons. The maximum atomic E-state index is 12.8. The van der Waals surface area contributed by atoms with Crippen molar-refractivity contribution in [2.75, 3.05) is 6.54 Å². The summed E-state index contributed by atoms with van der Waals surface area (Å²) in [5.74, 6) is -0.529. The van der Waals surface area contributed by atoms with Crippen LogP contribution in [0.1, 0.15) is 24.2 Å². The first-order valence-corrected chi connectivity index (χ1v) is 8.49. The molecular weight excluding hydrogens is 328 g/mol. The zero-order valence-corrected chi connectivity index (χ0v) is 14.7. The third-order valence-electron chi connectivity index (χ3n) is 4.01. The quantitative estimate of drug-likeness (QED) is 0.742. The number of fused-ring (bicyclic) bond motifs is 1. The van der Waals surface area contributed by atoms with Gasteiger partial charge in [0.2, 0.25) is 5.91 Å². The first-order chi connectivity index (χ1) is 12.6. The van der Waals surface area contributed by atoms with Gasteiger partial charge in [0, 0.05) is 29.9 Å². The number of likely N-dealkylation sites (N-methyl/N-ethyl adjacent to an activating group) is 1. The van der Waals surface area contributed by atoms with Crippen LogP contribution in [-0.2, 0) is 4.79 Å². The van der Waals surface area contributed by atoms with Crippen molar-refractivity contribution in [3.05, 3.63) is 60.4 Å². The summed E-state index contributed by atoms with van der Waals surface area (Å²) in [4.78, 5) is 33.5. The smallest absolute Gasteiger partial charge is 0.252 e. The second-order valence-electron chi connectivity index (χ2n) is 5.90. The Morgan fingerprint density at radius 1 is 1.15 bits per heavy atom. The van der Waals surface area contributed by atoms with Gasteiger partial charge in [-0.1, -0.05) is 18.2 Å². The Hall–Kier alpha value is -3.28. The van der Waals surface area contributed by atoms with Crippen molar-refractivity contribution in [3.8, 4) is 11.3 Å². The van der Waals surface area contributed by atoms with Crippen LogP contribution in [0.15, 0.2) is 54.9 Å². The van der Waals surface area contributed by atoms with E-state index in [1.165, 1.54) is 0 Å². The van der Waals surface area contributed by atoms with Gasteiger partial charge in [-0.15, -0.1) is 0 Å². The molecule has 3 aromatic rings. The highest BCUT2D eigenvalue weighted by molar-refractivity contribution is 6.08. The summed E-state index contributed by atoms with van der Waals surface area (Å²) in [6, 6.07) is 12.3. The van der Waals surface area contributed by atoms with Gasteiger partial charge in [-0.25, -0.2) is 4.98 Å². The third kappa shape index (κ3) is 3.69. The Kier molecular flexibility index (Phi) is 5.22. The molecule has 1 aromatic carbocycles. The van der Waals surface area contributed by atoms with Crippen LogP contribution in [0, 0.1) is 0 Å². The van der Waals surface area contributed by atoms with E-state index >= 15 is 0 Å². The molecule has 6 nitrogen and oxygen atoms in total. The molecular formula is C20H20N4O2. The normalized spacial score (nSPS) is 11.8. The highest BCUT2D eigenvalue weighted by Gasteiger charge is 2.19. The summed E-state index contributed by atoms with van der Waals surface area (Å²) in [5.41, 5.74) is 2.67. The zero-order chi connectivity index (χ0) is 18.5. The molecule has 0 saturated heterocycles. The Morgan fingerprint density at radius 3 is 2.69 bits per heavy atom. The summed E-state index contributed by atoms with van der Waals surface area (Å²) >= 11 is 0. The van der Waals surface area contributed by atoms with E-state index in [2.05, 4.69) is 20.6 Å². The molecule has 0 fully saturated rings. The number of aromatic nitrogens is 2. The number of pyridine rings is 2. The van der Waals surface area contributed by atoms with Gasteiger partial charge >= 0.3 is 0 Å². The molecule has 2 amide bonds. The second-order valence-corrected chi connectivity index (χ2v) is 5.90. The minimum Gasteiger partial charge on any atom is -0.355 e. The number of hydrogen-bond donors (Lipinski definition) is 2. The fourth-order valence-electron chi connectivity index (χ4n) is 2.69. The third-order valence-corrected chi connectivity index (χ3v) is 4.01. The average molecular weight is 348 g/mol. The van der Waals surface area contributed by atoms with E-state index < -0.39 is 6.04 Å². The average Bonchev–Trinajstić information content (AvgIpc) is 2.67. The van der Waals surface area contributed by atoms with Gasteiger partial charge in [0.15, 0.2) is 0 Å². The van der Waals surface area contributed by atoms with E-state index in [-0.39, 0.29) is 11.8 Å². The lowest BCUT2D eigenvalue weighted by Gasteiger charge is -2.15. The molecule has 0 bridgehead atoms. The van der Waals surface area contributed by atoms with Crippen molar-refractivity contribution < 1.29 is 9.59 Å². The SMILES string of the molecule is CCNC(=O)[C@@H](C)NC(=O)c1cc(-c2cccnc2)nc2ccccc12. The number of nitrogens with one attached hydrogen (secondary N) is 2. The standard InChI is InChI=1S/C20H20N4O2/c1-3-22-19(25)13(2)23-20(26)16-11-18(14-7-6-10-21-12-14)24-17-9-5-4-8-15(16)17/h4-13H,3H2,1-2H3,(H,22,25)(H,23,26)/t13-/m1/s1.